The van der Waals surface area contributed by atoms with E-state index in [1.54, 1.807) is 12.1 Å². The number of carbonyl (C=O) groups excluding carboxylic acids is 1. The summed E-state index contributed by atoms with van der Waals surface area (Å²) in [6, 6.07) is 11.4. The quantitative estimate of drug-likeness (QED) is 0.860. The molecule has 0 saturated carbocycles. The highest BCUT2D eigenvalue weighted by Crippen LogP contribution is 2.21. The van der Waals surface area contributed by atoms with Crippen molar-refractivity contribution in [3.05, 3.63) is 65.7 Å². The van der Waals surface area contributed by atoms with Crippen molar-refractivity contribution in [1.82, 2.24) is 10.2 Å². The van der Waals surface area contributed by atoms with Crippen LogP contribution in [0.3, 0.4) is 0 Å². The molecule has 1 saturated heterocycles. The lowest BCUT2D eigenvalue weighted by molar-refractivity contribution is 0.0167. The van der Waals surface area contributed by atoms with Crippen LogP contribution in [0.25, 0.3) is 0 Å². The molecule has 3 rings (SSSR count). The maximum absolute atomic E-state index is 13.2. The minimum absolute atomic E-state index is 0.0848. The second kappa shape index (κ2) is 8.73. The second-order valence-electron chi connectivity index (χ2n) is 6.06. The van der Waals surface area contributed by atoms with Crippen LogP contribution in [-0.2, 0) is 4.74 Å². The number of nitrogens with one attached hydrogen (secondary N) is 2. The van der Waals surface area contributed by atoms with Gasteiger partial charge in [0.25, 0.3) is 0 Å². The monoisotopic (exact) mass is 361 g/mol. The molecular formula is C19H21F2N3O2. The van der Waals surface area contributed by atoms with Crippen molar-refractivity contribution in [1.29, 1.82) is 0 Å². The van der Waals surface area contributed by atoms with Gasteiger partial charge in [-0.05, 0) is 42.0 Å². The summed E-state index contributed by atoms with van der Waals surface area (Å²) in [6.07, 6.45) is 0. The van der Waals surface area contributed by atoms with E-state index >= 15 is 0 Å². The Morgan fingerprint density at radius 3 is 2.19 bits per heavy atom. The van der Waals surface area contributed by atoms with E-state index in [-0.39, 0.29) is 23.7 Å². The first kappa shape index (κ1) is 18.3. The van der Waals surface area contributed by atoms with Crippen LogP contribution in [0.15, 0.2) is 48.5 Å². The predicted octanol–water partition coefficient (Wildman–Crippen LogP) is 3.16. The molecule has 0 radical (unpaired) electrons. The van der Waals surface area contributed by atoms with Crippen LogP contribution in [0.4, 0.5) is 19.3 Å². The molecule has 2 aromatic rings. The molecule has 5 nitrogen and oxygen atoms in total. The summed E-state index contributed by atoms with van der Waals surface area (Å²) in [5.41, 5.74) is 1.43. The minimum Gasteiger partial charge on any atom is -0.379 e. The van der Waals surface area contributed by atoms with E-state index in [1.807, 2.05) is 0 Å². The Labute approximate surface area is 151 Å². The number of halogens is 2. The molecule has 1 heterocycles. The van der Waals surface area contributed by atoms with Crippen molar-refractivity contribution < 1.29 is 18.3 Å². The van der Waals surface area contributed by atoms with Crippen molar-refractivity contribution in [2.75, 3.05) is 38.2 Å². The Morgan fingerprint density at radius 1 is 1.00 bits per heavy atom. The molecule has 2 N–H and O–H groups in total. The van der Waals surface area contributed by atoms with Crippen LogP contribution >= 0.6 is 0 Å². The van der Waals surface area contributed by atoms with Gasteiger partial charge in [0.2, 0.25) is 0 Å². The highest BCUT2D eigenvalue weighted by molar-refractivity contribution is 5.89. The van der Waals surface area contributed by atoms with Gasteiger partial charge in [0, 0.05) is 25.3 Å². The lowest BCUT2D eigenvalue weighted by atomic mass is 10.0. The van der Waals surface area contributed by atoms with Crippen LogP contribution in [0.5, 0.6) is 0 Å². The number of carbonyl (C=O) groups is 1. The predicted molar refractivity (Wildman–Crippen MR) is 95.0 cm³/mol. The smallest absolute Gasteiger partial charge is 0.319 e. The van der Waals surface area contributed by atoms with E-state index in [4.69, 9.17) is 4.74 Å². The summed E-state index contributed by atoms with van der Waals surface area (Å²) in [6.45, 7) is 3.09. The second-order valence-corrected chi connectivity index (χ2v) is 6.06. The molecule has 0 unspecified atom stereocenters. The topological polar surface area (TPSA) is 53.6 Å². The van der Waals surface area contributed by atoms with Crippen molar-refractivity contribution in [3.8, 4) is 0 Å². The van der Waals surface area contributed by atoms with Crippen molar-refractivity contribution in [3.63, 3.8) is 0 Å². The number of morpholine rings is 1. The van der Waals surface area contributed by atoms with E-state index in [0.29, 0.717) is 25.4 Å². The first-order chi connectivity index (χ1) is 12.6. The summed E-state index contributed by atoms with van der Waals surface area (Å²) < 4.78 is 31.6. The zero-order valence-electron chi connectivity index (χ0n) is 14.3. The third-order valence-electron chi connectivity index (χ3n) is 4.30. The number of ether oxygens (including phenoxy) is 1. The third kappa shape index (κ3) is 5.00. The number of nitrogens with zero attached hydrogens (tertiary/aromatic N) is 1. The lowest BCUT2D eigenvalue weighted by Crippen LogP contribution is -2.44. The number of amides is 2. The molecule has 26 heavy (non-hydrogen) atoms. The zero-order valence-corrected chi connectivity index (χ0v) is 14.3. The highest BCUT2D eigenvalue weighted by atomic mass is 19.1. The lowest BCUT2D eigenvalue weighted by Gasteiger charge is -2.34. The van der Waals surface area contributed by atoms with E-state index in [9.17, 15) is 13.6 Å². The normalized spacial score (nSPS) is 16.1. The average molecular weight is 361 g/mol. The molecule has 0 aliphatic carbocycles. The van der Waals surface area contributed by atoms with Crippen molar-refractivity contribution in [2.24, 2.45) is 0 Å². The van der Waals surface area contributed by atoms with Crippen molar-refractivity contribution in [2.45, 2.75) is 6.04 Å². The van der Waals surface area contributed by atoms with Gasteiger partial charge in [0.15, 0.2) is 0 Å². The van der Waals surface area contributed by atoms with Gasteiger partial charge in [-0.25, -0.2) is 13.6 Å². The summed E-state index contributed by atoms with van der Waals surface area (Å²) in [5.74, 6) is -0.656. The number of anilines is 1. The molecule has 2 amide bonds. The van der Waals surface area contributed by atoms with Gasteiger partial charge in [-0.2, -0.15) is 0 Å². The summed E-state index contributed by atoms with van der Waals surface area (Å²) in [7, 11) is 0. The first-order valence-corrected chi connectivity index (χ1v) is 8.49. The highest BCUT2D eigenvalue weighted by Gasteiger charge is 2.23. The van der Waals surface area contributed by atoms with Crippen LogP contribution in [0.2, 0.25) is 0 Å². The summed E-state index contributed by atoms with van der Waals surface area (Å²) in [4.78, 5) is 14.4. The minimum atomic E-state index is -0.378. The molecule has 1 fully saturated rings. The Balaban J connectivity index is 1.64. The van der Waals surface area contributed by atoms with Crippen LogP contribution in [0.1, 0.15) is 11.6 Å². The Bertz CT molecular complexity index is 717. The SMILES string of the molecule is O=C(NC[C@H](c1ccc(F)cc1)N1CCOCC1)Nc1ccc(F)cc1. The molecule has 2 aromatic carbocycles. The standard InChI is InChI=1S/C19H21F2N3O2/c20-15-3-1-14(2-4-15)18(24-9-11-26-12-10-24)13-22-19(25)23-17-7-5-16(21)6-8-17/h1-8,18H,9-13H2,(H2,22,23,25)/t18-/m1/s1. The maximum Gasteiger partial charge on any atom is 0.319 e. The zero-order chi connectivity index (χ0) is 18.4. The van der Waals surface area contributed by atoms with E-state index in [2.05, 4.69) is 15.5 Å². The van der Waals surface area contributed by atoms with Crippen LogP contribution in [0, 0.1) is 11.6 Å². The summed E-state index contributed by atoms with van der Waals surface area (Å²) in [5, 5.41) is 5.50. The van der Waals surface area contributed by atoms with E-state index < -0.39 is 0 Å². The molecule has 1 atom stereocenters. The van der Waals surface area contributed by atoms with E-state index in [1.165, 1.54) is 36.4 Å². The number of hydrogen-bond donors (Lipinski definition) is 2. The van der Waals surface area contributed by atoms with Gasteiger partial charge in [-0.15, -0.1) is 0 Å². The number of rotatable bonds is 5. The molecule has 7 heteroatoms. The van der Waals surface area contributed by atoms with Gasteiger partial charge in [-0.1, -0.05) is 12.1 Å². The van der Waals surface area contributed by atoms with Gasteiger partial charge >= 0.3 is 6.03 Å². The number of hydrogen-bond acceptors (Lipinski definition) is 3. The van der Waals surface area contributed by atoms with Gasteiger partial charge < -0.3 is 15.4 Å². The Morgan fingerprint density at radius 2 is 1.58 bits per heavy atom. The Kier molecular flexibility index (Phi) is 6.14. The van der Waals surface area contributed by atoms with Crippen LogP contribution < -0.4 is 10.6 Å². The number of benzene rings is 2. The number of urea groups is 1. The fraction of sp³-hybridized carbons (Fsp3) is 0.316. The van der Waals surface area contributed by atoms with E-state index in [0.717, 1.165) is 18.7 Å². The summed E-state index contributed by atoms with van der Waals surface area (Å²) >= 11 is 0. The molecule has 0 spiro atoms. The largest absolute Gasteiger partial charge is 0.379 e. The molecular weight excluding hydrogens is 340 g/mol. The van der Waals surface area contributed by atoms with Gasteiger partial charge in [0.05, 0.1) is 19.3 Å². The molecule has 0 aromatic heterocycles. The van der Waals surface area contributed by atoms with Gasteiger partial charge in [0.1, 0.15) is 11.6 Å². The molecule has 1 aliphatic rings. The average Bonchev–Trinajstić information content (AvgIpc) is 2.66. The Hall–Kier alpha value is -2.51. The fourth-order valence-electron chi connectivity index (χ4n) is 2.93. The molecule has 1 aliphatic heterocycles. The molecule has 138 valence electrons. The third-order valence-corrected chi connectivity index (χ3v) is 4.30. The van der Waals surface area contributed by atoms with Crippen molar-refractivity contribution >= 4 is 11.7 Å². The van der Waals surface area contributed by atoms with Gasteiger partial charge in [-0.3, -0.25) is 4.90 Å². The fourth-order valence-corrected chi connectivity index (χ4v) is 2.93. The first-order valence-electron chi connectivity index (χ1n) is 8.49. The maximum atomic E-state index is 13.2. The van der Waals surface area contributed by atoms with Crippen LogP contribution in [-0.4, -0.2) is 43.8 Å². The molecule has 0 bridgehead atoms.